The average molecular weight is 232 g/mol. The van der Waals surface area contributed by atoms with Crippen LogP contribution in [-0.4, -0.2) is 55.4 Å². The molecule has 1 unspecified atom stereocenters. The highest BCUT2D eigenvalue weighted by Crippen LogP contribution is 2.00. The minimum Gasteiger partial charge on any atom is -0.371 e. The summed E-state index contributed by atoms with van der Waals surface area (Å²) in [6.07, 6.45) is 0. The van der Waals surface area contributed by atoms with Crippen molar-refractivity contribution >= 4 is 10.1 Å². The van der Waals surface area contributed by atoms with Gasteiger partial charge in [0.05, 0.1) is 6.61 Å². The van der Waals surface area contributed by atoms with Crippen molar-refractivity contribution in [2.75, 3.05) is 26.8 Å². The molecule has 0 saturated carbocycles. The molecule has 0 rings (SSSR count). The van der Waals surface area contributed by atoms with E-state index in [1.165, 1.54) is 0 Å². The zero-order chi connectivity index (χ0) is 11.0. The normalized spacial score (nSPS) is 14.2. The van der Waals surface area contributed by atoms with E-state index < -0.39 is 35.4 Å². The van der Waals surface area contributed by atoms with Gasteiger partial charge in [0.2, 0.25) is 0 Å². The van der Waals surface area contributed by atoms with E-state index in [4.69, 9.17) is 14.9 Å². The molecule has 0 aromatic rings. The lowest BCUT2D eigenvalue weighted by Crippen LogP contribution is -2.31. The van der Waals surface area contributed by atoms with Crippen LogP contribution in [0.2, 0.25) is 0 Å². The van der Waals surface area contributed by atoms with E-state index in [2.05, 4.69) is 14.4 Å². The van der Waals surface area contributed by atoms with E-state index in [0.717, 1.165) is 0 Å². The largest absolute Gasteiger partial charge is 0.371 e. The first-order valence-electron chi connectivity index (χ1n) is 3.51. The zero-order valence-corrected chi connectivity index (χ0v) is 8.01. The lowest BCUT2D eigenvalue weighted by atomic mass is 10.5. The number of aliphatic hydroxyl groups excluding tert-OH is 1. The average Bonchev–Trinajstić information content (AvgIpc) is 2.08. The van der Waals surface area contributed by atoms with Crippen LogP contribution in [0.4, 0.5) is 0 Å². The highest BCUT2D eigenvalue weighted by Gasteiger charge is 2.23. The Labute approximate surface area is 80.7 Å². The van der Waals surface area contributed by atoms with E-state index >= 15 is 0 Å². The van der Waals surface area contributed by atoms with Crippen molar-refractivity contribution in [1.82, 2.24) is 0 Å². The fraction of sp³-hybridized carbons (Fsp3) is 1.00. The smallest absolute Gasteiger partial charge is 0.272 e. The van der Waals surface area contributed by atoms with Gasteiger partial charge in [-0.2, -0.15) is 8.42 Å². The number of hydrogen-bond donors (Lipinski definition) is 3. The van der Waals surface area contributed by atoms with Crippen LogP contribution in [0.25, 0.3) is 0 Å². The van der Waals surface area contributed by atoms with Crippen LogP contribution in [0, 0.1) is 0 Å². The predicted molar refractivity (Wildman–Crippen MR) is 42.9 cm³/mol. The SMILES string of the molecule is O=S(=O)(O)C(COO)COCOCO. The second-order valence-electron chi connectivity index (χ2n) is 2.25. The Hall–Kier alpha value is -0.290. The molecule has 0 aliphatic rings. The molecule has 0 bridgehead atoms. The van der Waals surface area contributed by atoms with Gasteiger partial charge in [-0.15, -0.1) is 0 Å². The lowest BCUT2D eigenvalue weighted by Gasteiger charge is -2.11. The molecule has 0 aromatic heterocycles. The third-order valence-electron chi connectivity index (χ3n) is 1.24. The molecule has 0 spiro atoms. The number of hydrogen-bond acceptors (Lipinski definition) is 7. The van der Waals surface area contributed by atoms with Crippen molar-refractivity contribution in [3.05, 3.63) is 0 Å². The Morgan fingerprint density at radius 3 is 2.29 bits per heavy atom. The van der Waals surface area contributed by atoms with Crippen LogP contribution in [0.3, 0.4) is 0 Å². The van der Waals surface area contributed by atoms with Gasteiger partial charge < -0.3 is 14.6 Å². The molecular weight excluding hydrogens is 220 g/mol. The lowest BCUT2D eigenvalue weighted by molar-refractivity contribution is -0.244. The van der Waals surface area contributed by atoms with Crippen molar-refractivity contribution in [1.29, 1.82) is 0 Å². The van der Waals surface area contributed by atoms with Gasteiger partial charge in [0.1, 0.15) is 25.4 Å². The second-order valence-corrected chi connectivity index (χ2v) is 3.95. The summed E-state index contributed by atoms with van der Waals surface area (Å²) in [7, 11) is -4.34. The Balaban J connectivity index is 3.87. The molecule has 14 heavy (non-hydrogen) atoms. The zero-order valence-electron chi connectivity index (χ0n) is 7.20. The summed E-state index contributed by atoms with van der Waals surface area (Å²) in [6, 6.07) is 0. The Morgan fingerprint density at radius 2 is 1.86 bits per heavy atom. The van der Waals surface area contributed by atoms with Gasteiger partial charge in [0, 0.05) is 0 Å². The highest BCUT2D eigenvalue weighted by atomic mass is 32.2. The highest BCUT2D eigenvalue weighted by molar-refractivity contribution is 7.86. The van der Waals surface area contributed by atoms with Gasteiger partial charge in [-0.1, -0.05) is 0 Å². The molecule has 0 heterocycles. The van der Waals surface area contributed by atoms with Crippen LogP contribution < -0.4 is 0 Å². The molecule has 0 aromatic carbocycles. The Bertz CT molecular complexity index is 224. The van der Waals surface area contributed by atoms with Crippen molar-refractivity contribution < 1.29 is 37.7 Å². The molecule has 0 amide bonds. The minimum atomic E-state index is -4.34. The van der Waals surface area contributed by atoms with E-state index in [0.29, 0.717) is 0 Å². The van der Waals surface area contributed by atoms with Gasteiger partial charge in [0.25, 0.3) is 10.1 Å². The molecule has 0 saturated heterocycles. The standard InChI is InChI=1S/C5H12O8S/c6-3-12-4-11-1-5(2-13-7)14(8,9)10/h5-7H,1-4H2,(H,8,9,10). The van der Waals surface area contributed by atoms with Crippen LogP contribution >= 0.6 is 0 Å². The van der Waals surface area contributed by atoms with E-state index in [9.17, 15) is 8.42 Å². The maximum Gasteiger partial charge on any atom is 0.272 e. The maximum atomic E-state index is 10.6. The molecule has 0 radical (unpaired) electrons. The van der Waals surface area contributed by atoms with Gasteiger partial charge in [-0.25, -0.2) is 4.89 Å². The van der Waals surface area contributed by atoms with Crippen molar-refractivity contribution in [3.63, 3.8) is 0 Å². The van der Waals surface area contributed by atoms with E-state index in [1.54, 1.807) is 0 Å². The Morgan fingerprint density at radius 1 is 1.21 bits per heavy atom. The summed E-state index contributed by atoms with van der Waals surface area (Å²) in [5.74, 6) is 0. The topological polar surface area (TPSA) is 123 Å². The van der Waals surface area contributed by atoms with Crippen molar-refractivity contribution in [2.24, 2.45) is 0 Å². The van der Waals surface area contributed by atoms with Crippen molar-refractivity contribution in [3.8, 4) is 0 Å². The maximum absolute atomic E-state index is 10.6. The summed E-state index contributed by atoms with van der Waals surface area (Å²) >= 11 is 0. The number of aliphatic hydroxyl groups is 1. The van der Waals surface area contributed by atoms with Crippen LogP contribution in [-0.2, 0) is 24.5 Å². The molecule has 0 fully saturated rings. The summed E-state index contributed by atoms with van der Waals surface area (Å²) in [4.78, 5) is 3.58. The first kappa shape index (κ1) is 13.7. The van der Waals surface area contributed by atoms with E-state index in [-0.39, 0.29) is 6.79 Å². The van der Waals surface area contributed by atoms with Crippen LogP contribution in [0.1, 0.15) is 0 Å². The number of ether oxygens (including phenoxy) is 2. The summed E-state index contributed by atoms with van der Waals surface area (Å²) < 4.78 is 38.7. The summed E-state index contributed by atoms with van der Waals surface area (Å²) in [6.45, 7) is -1.92. The summed E-state index contributed by atoms with van der Waals surface area (Å²) in [5, 5.41) is 14.8. The predicted octanol–water partition coefficient (Wildman–Crippen LogP) is -1.33. The summed E-state index contributed by atoms with van der Waals surface area (Å²) in [5.41, 5.74) is 0. The first-order valence-corrected chi connectivity index (χ1v) is 5.01. The molecule has 86 valence electrons. The fourth-order valence-electron chi connectivity index (χ4n) is 0.579. The number of rotatable bonds is 8. The fourth-order valence-corrected chi connectivity index (χ4v) is 1.08. The second kappa shape index (κ2) is 7.06. The van der Waals surface area contributed by atoms with Gasteiger partial charge in [-0.3, -0.25) is 9.81 Å². The van der Waals surface area contributed by atoms with Gasteiger partial charge in [0.15, 0.2) is 0 Å². The molecule has 0 aliphatic heterocycles. The molecule has 3 N–H and O–H groups in total. The minimum absolute atomic E-state index is 0.325. The first-order chi connectivity index (χ1) is 6.52. The molecule has 1 atom stereocenters. The van der Waals surface area contributed by atoms with Gasteiger partial charge >= 0.3 is 0 Å². The third-order valence-corrected chi connectivity index (χ3v) is 2.36. The molecular formula is C5H12O8S. The third kappa shape index (κ3) is 6.21. The monoisotopic (exact) mass is 232 g/mol. The van der Waals surface area contributed by atoms with Crippen LogP contribution in [0.15, 0.2) is 0 Å². The molecule has 0 aliphatic carbocycles. The quantitative estimate of drug-likeness (QED) is 0.155. The molecule has 9 heteroatoms. The Kier molecular flexibility index (Phi) is 6.92. The van der Waals surface area contributed by atoms with Crippen molar-refractivity contribution in [2.45, 2.75) is 5.25 Å². The van der Waals surface area contributed by atoms with Gasteiger partial charge in [-0.05, 0) is 0 Å². The van der Waals surface area contributed by atoms with E-state index in [1.807, 2.05) is 0 Å². The molecule has 8 nitrogen and oxygen atoms in total. The van der Waals surface area contributed by atoms with Crippen LogP contribution in [0.5, 0.6) is 0 Å².